The summed E-state index contributed by atoms with van der Waals surface area (Å²) < 4.78 is 31.9. The summed E-state index contributed by atoms with van der Waals surface area (Å²) in [4.78, 5) is 40.7. The van der Waals surface area contributed by atoms with Crippen LogP contribution in [0, 0.1) is 0 Å². The summed E-state index contributed by atoms with van der Waals surface area (Å²) in [5.41, 5.74) is 1.28. The summed E-state index contributed by atoms with van der Waals surface area (Å²) in [6, 6.07) is 5.73. The van der Waals surface area contributed by atoms with E-state index in [0.29, 0.717) is 31.1 Å². The van der Waals surface area contributed by atoms with Crippen LogP contribution in [0.25, 0.3) is 0 Å². The number of nitrogens with one attached hydrogen (secondary N) is 2. The Hall–Kier alpha value is -2.80. The minimum atomic E-state index is -3.66. The number of methoxy groups -OCH3 is 1. The van der Waals surface area contributed by atoms with Gasteiger partial charge in [-0.25, -0.2) is 13.2 Å². The van der Waals surface area contributed by atoms with Gasteiger partial charge in [0.05, 0.1) is 17.6 Å². The van der Waals surface area contributed by atoms with Crippen LogP contribution in [-0.2, 0) is 27.7 Å². The zero-order chi connectivity index (χ0) is 26.5. The molecular weight excluding hydrogens is 504 g/mol. The summed E-state index contributed by atoms with van der Waals surface area (Å²) in [5, 5.41) is 5.28. The number of amides is 3. The zero-order valence-corrected chi connectivity index (χ0v) is 22.6. The molecule has 1 aliphatic rings. The van der Waals surface area contributed by atoms with Crippen molar-refractivity contribution in [2.75, 3.05) is 39.1 Å². The first-order valence-corrected chi connectivity index (χ1v) is 14.0. The fourth-order valence-electron chi connectivity index (χ4n) is 3.95. The number of unbranched alkanes of at least 4 members (excludes halogenated alkanes) is 1. The standard InChI is InChI=1S/C24H32N4O6S2/c1-5-7-13-28(6-2)36(32,33)17-10-8-16(9-11-17)21(29)25-23-20(22(30)26-24(31)34-4)18-12-14-27(3)15-19(18)35-23/h8-11H,5-7,12-15H2,1-4H3,(H,25,29)(H,26,30,31). The summed E-state index contributed by atoms with van der Waals surface area (Å²) in [6.45, 7) is 5.94. The van der Waals surface area contributed by atoms with Crippen LogP contribution in [0.4, 0.5) is 9.80 Å². The Kier molecular flexibility index (Phi) is 9.23. The van der Waals surface area contributed by atoms with Crippen LogP contribution < -0.4 is 10.6 Å². The van der Waals surface area contributed by atoms with Gasteiger partial charge in [-0.15, -0.1) is 11.3 Å². The minimum Gasteiger partial charge on any atom is -0.453 e. The van der Waals surface area contributed by atoms with Crippen LogP contribution in [0.2, 0.25) is 0 Å². The van der Waals surface area contributed by atoms with E-state index in [-0.39, 0.29) is 16.0 Å². The number of alkyl carbamates (subject to hydrolysis) is 1. The molecule has 0 atom stereocenters. The van der Waals surface area contributed by atoms with Gasteiger partial charge in [0, 0.05) is 36.6 Å². The van der Waals surface area contributed by atoms with Crippen LogP contribution in [0.5, 0.6) is 0 Å². The van der Waals surface area contributed by atoms with Gasteiger partial charge in [0.2, 0.25) is 10.0 Å². The lowest BCUT2D eigenvalue weighted by Crippen LogP contribution is -2.33. The van der Waals surface area contributed by atoms with E-state index in [4.69, 9.17) is 0 Å². The number of rotatable bonds is 9. The maximum atomic E-state index is 13.0. The average molecular weight is 537 g/mol. The number of ether oxygens (including phenoxy) is 1. The van der Waals surface area contributed by atoms with Gasteiger partial charge in [0.15, 0.2) is 0 Å². The first-order valence-electron chi connectivity index (χ1n) is 11.8. The molecule has 0 bridgehead atoms. The second-order valence-electron chi connectivity index (χ2n) is 8.47. The molecule has 10 nitrogen and oxygen atoms in total. The Labute approximate surface area is 215 Å². The van der Waals surface area contributed by atoms with Crippen LogP contribution >= 0.6 is 11.3 Å². The largest absolute Gasteiger partial charge is 0.453 e. The normalized spacial score (nSPS) is 13.8. The Bertz CT molecular complexity index is 1220. The quantitative estimate of drug-likeness (QED) is 0.504. The highest BCUT2D eigenvalue weighted by Crippen LogP contribution is 2.37. The maximum absolute atomic E-state index is 13.0. The monoisotopic (exact) mass is 536 g/mol. The van der Waals surface area contributed by atoms with Crippen molar-refractivity contribution < 1.29 is 27.5 Å². The van der Waals surface area contributed by atoms with Gasteiger partial charge in [0.25, 0.3) is 11.8 Å². The fraction of sp³-hybridized carbons (Fsp3) is 0.458. The molecule has 196 valence electrons. The van der Waals surface area contributed by atoms with Crippen LogP contribution in [0.1, 0.15) is 57.8 Å². The SMILES string of the molecule is CCCCN(CC)S(=O)(=O)c1ccc(C(=O)Nc2sc3c(c2C(=O)NC(=O)OC)CCN(C)C3)cc1. The van der Waals surface area contributed by atoms with Crippen LogP contribution in [-0.4, -0.2) is 69.3 Å². The van der Waals surface area contributed by atoms with Crippen molar-refractivity contribution in [3.8, 4) is 0 Å². The van der Waals surface area contributed by atoms with Crippen molar-refractivity contribution in [2.24, 2.45) is 0 Å². The maximum Gasteiger partial charge on any atom is 0.413 e. The van der Waals surface area contributed by atoms with E-state index in [1.807, 2.05) is 14.0 Å². The second kappa shape index (κ2) is 12.0. The zero-order valence-electron chi connectivity index (χ0n) is 20.9. The molecule has 3 amide bonds. The third kappa shape index (κ3) is 6.12. The van der Waals surface area contributed by atoms with Crippen molar-refractivity contribution in [3.63, 3.8) is 0 Å². The van der Waals surface area contributed by atoms with Crippen molar-refractivity contribution in [3.05, 3.63) is 45.8 Å². The third-order valence-electron chi connectivity index (χ3n) is 5.97. The molecule has 2 N–H and O–H groups in total. The van der Waals surface area contributed by atoms with E-state index < -0.39 is 27.9 Å². The number of hydrogen-bond acceptors (Lipinski definition) is 8. The molecule has 0 fully saturated rings. The third-order valence-corrected chi connectivity index (χ3v) is 9.09. The number of thiophene rings is 1. The van der Waals surface area contributed by atoms with Gasteiger partial charge in [-0.1, -0.05) is 20.3 Å². The lowest BCUT2D eigenvalue weighted by atomic mass is 10.0. The molecule has 2 heterocycles. The summed E-state index contributed by atoms with van der Waals surface area (Å²) in [5.74, 6) is -1.14. The molecule has 1 aliphatic heterocycles. The van der Waals surface area contributed by atoms with E-state index >= 15 is 0 Å². The van der Waals surface area contributed by atoms with Crippen molar-refractivity contribution in [1.29, 1.82) is 0 Å². The van der Waals surface area contributed by atoms with Crippen molar-refractivity contribution in [2.45, 2.75) is 44.6 Å². The molecule has 0 aliphatic carbocycles. The highest BCUT2D eigenvalue weighted by atomic mass is 32.2. The molecule has 1 aromatic carbocycles. The first kappa shape index (κ1) is 27.8. The summed E-state index contributed by atoms with van der Waals surface area (Å²) in [6.07, 6.45) is 1.36. The molecule has 0 saturated heterocycles. The van der Waals surface area contributed by atoms with E-state index in [0.717, 1.165) is 36.9 Å². The van der Waals surface area contributed by atoms with Gasteiger partial charge in [-0.2, -0.15) is 4.31 Å². The number of anilines is 1. The molecule has 2 aromatic rings. The van der Waals surface area contributed by atoms with E-state index in [1.54, 1.807) is 6.92 Å². The highest BCUT2D eigenvalue weighted by Gasteiger charge is 2.29. The summed E-state index contributed by atoms with van der Waals surface area (Å²) >= 11 is 1.28. The average Bonchev–Trinajstić information content (AvgIpc) is 3.21. The number of nitrogens with zero attached hydrogens (tertiary/aromatic N) is 2. The number of sulfonamides is 1. The second-order valence-corrected chi connectivity index (χ2v) is 11.5. The van der Waals surface area contributed by atoms with E-state index in [2.05, 4.69) is 20.3 Å². The first-order chi connectivity index (χ1) is 17.1. The van der Waals surface area contributed by atoms with Gasteiger partial charge in [-0.3, -0.25) is 14.9 Å². The molecular formula is C24H32N4O6S2. The number of likely N-dealkylation sites (N-methyl/N-ethyl adjacent to an activating group) is 1. The number of carbonyl (C=O) groups excluding carboxylic acids is 3. The predicted octanol–water partition coefficient (Wildman–Crippen LogP) is 3.30. The predicted molar refractivity (Wildman–Crippen MR) is 138 cm³/mol. The Morgan fingerprint density at radius 1 is 1.14 bits per heavy atom. The highest BCUT2D eigenvalue weighted by molar-refractivity contribution is 7.89. The molecule has 0 radical (unpaired) electrons. The number of imide groups is 1. The minimum absolute atomic E-state index is 0.116. The fourth-order valence-corrected chi connectivity index (χ4v) is 6.76. The molecule has 0 saturated carbocycles. The van der Waals surface area contributed by atoms with Gasteiger partial charge < -0.3 is 15.0 Å². The van der Waals surface area contributed by atoms with Gasteiger partial charge in [-0.05, 0) is 49.7 Å². The van der Waals surface area contributed by atoms with Gasteiger partial charge >= 0.3 is 6.09 Å². The van der Waals surface area contributed by atoms with Crippen LogP contribution in [0.15, 0.2) is 29.2 Å². The van der Waals surface area contributed by atoms with Crippen molar-refractivity contribution >= 4 is 44.3 Å². The lowest BCUT2D eigenvalue weighted by molar-refractivity contribution is 0.0936. The van der Waals surface area contributed by atoms with Crippen molar-refractivity contribution in [1.82, 2.24) is 14.5 Å². The molecule has 0 unspecified atom stereocenters. The smallest absolute Gasteiger partial charge is 0.413 e. The molecule has 3 rings (SSSR count). The van der Waals surface area contributed by atoms with Gasteiger partial charge in [0.1, 0.15) is 5.00 Å². The Morgan fingerprint density at radius 3 is 2.44 bits per heavy atom. The Balaban J connectivity index is 1.85. The lowest BCUT2D eigenvalue weighted by Gasteiger charge is -2.22. The number of fused-ring (bicyclic) bond motifs is 1. The summed E-state index contributed by atoms with van der Waals surface area (Å²) in [7, 11) is -0.533. The molecule has 36 heavy (non-hydrogen) atoms. The molecule has 12 heteroatoms. The Morgan fingerprint density at radius 2 is 1.83 bits per heavy atom. The molecule has 0 spiro atoms. The van der Waals surface area contributed by atoms with E-state index in [1.165, 1.54) is 39.9 Å². The number of carbonyl (C=O) groups is 3. The topological polar surface area (TPSA) is 125 Å². The van der Waals surface area contributed by atoms with Crippen LogP contribution in [0.3, 0.4) is 0 Å². The molecule has 1 aromatic heterocycles. The number of hydrogen-bond donors (Lipinski definition) is 2. The van der Waals surface area contributed by atoms with E-state index in [9.17, 15) is 22.8 Å². The number of benzene rings is 1.